The Morgan fingerprint density at radius 2 is 2.12 bits per heavy atom. The molecule has 3 saturated heterocycles. The average molecular weight is 361 g/mol. The molecule has 1 aromatic carbocycles. The molecule has 0 aromatic heterocycles. The van der Waals surface area contributed by atoms with Gasteiger partial charge in [-0.05, 0) is 25.0 Å². The molecule has 26 heavy (non-hydrogen) atoms. The van der Waals surface area contributed by atoms with E-state index in [9.17, 15) is 9.59 Å². The first-order chi connectivity index (χ1) is 12.7. The van der Waals surface area contributed by atoms with Crippen LogP contribution in [-0.4, -0.2) is 67.9 Å². The molecule has 0 spiro atoms. The van der Waals surface area contributed by atoms with Crippen molar-refractivity contribution >= 4 is 17.6 Å². The number of amides is 3. The number of nitrogens with zero attached hydrogens (tertiary/aromatic N) is 2. The van der Waals surface area contributed by atoms with Gasteiger partial charge in [-0.1, -0.05) is 0 Å². The molecule has 8 nitrogen and oxygen atoms in total. The molecule has 140 valence electrons. The van der Waals surface area contributed by atoms with Crippen molar-refractivity contribution in [3.05, 3.63) is 18.2 Å². The number of benzene rings is 1. The van der Waals surface area contributed by atoms with Gasteiger partial charge in [0.2, 0.25) is 12.7 Å². The smallest absolute Gasteiger partial charge is 0.321 e. The number of anilines is 1. The Morgan fingerprint density at radius 3 is 2.96 bits per heavy atom. The van der Waals surface area contributed by atoms with Crippen molar-refractivity contribution in [1.82, 2.24) is 9.80 Å². The minimum Gasteiger partial charge on any atom is -0.454 e. The number of ether oxygens (including phenoxy) is 3. The van der Waals surface area contributed by atoms with E-state index in [4.69, 9.17) is 14.2 Å². The molecule has 8 heteroatoms. The molecule has 5 rings (SSSR count). The minimum atomic E-state index is -0.192. The zero-order valence-corrected chi connectivity index (χ0v) is 14.8. The van der Waals surface area contributed by atoms with Crippen molar-refractivity contribution in [2.75, 3.05) is 45.5 Å². The third-order valence-electron chi connectivity index (χ3n) is 5.24. The maximum absolute atomic E-state index is 12.8. The van der Waals surface area contributed by atoms with E-state index in [0.29, 0.717) is 43.4 Å². The molecule has 4 aliphatic heterocycles. The fourth-order valence-corrected chi connectivity index (χ4v) is 3.87. The normalized spacial score (nSPS) is 24.0. The van der Waals surface area contributed by atoms with Crippen LogP contribution in [-0.2, 0) is 9.53 Å². The van der Waals surface area contributed by atoms with Crippen molar-refractivity contribution in [1.29, 1.82) is 0 Å². The standard InChI is InChI=1S/C18H23N3O5/c1-24-7-6-21-14-4-2-12(17(21)22)9-20(10-14)18(23)19-13-3-5-15-16(8-13)26-11-25-15/h3,5,8,12,14H,2,4,6-7,9-11H2,1H3,(H,19,23)/t12-,14+/m0/s1. The summed E-state index contributed by atoms with van der Waals surface area (Å²) < 4.78 is 15.8. The number of fused-ring (bicyclic) bond motifs is 5. The Bertz CT molecular complexity index is 710. The first-order valence-electron chi connectivity index (χ1n) is 8.90. The lowest BCUT2D eigenvalue weighted by Gasteiger charge is -2.35. The van der Waals surface area contributed by atoms with Crippen LogP contribution < -0.4 is 14.8 Å². The topological polar surface area (TPSA) is 80.3 Å². The Labute approximate surface area is 152 Å². The van der Waals surface area contributed by atoms with E-state index in [1.54, 1.807) is 30.2 Å². The highest BCUT2D eigenvalue weighted by Gasteiger charge is 2.41. The average Bonchev–Trinajstić information content (AvgIpc) is 2.93. The number of urea groups is 1. The van der Waals surface area contributed by atoms with Crippen molar-refractivity contribution in [2.24, 2.45) is 5.92 Å². The Balaban J connectivity index is 1.44. The number of methoxy groups -OCH3 is 1. The fourth-order valence-electron chi connectivity index (χ4n) is 3.87. The van der Waals surface area contributed by atoms with Gasteiger partial charge in [0.05, 0.1) is 12.5 Å². The molecule has 2 bridgehead atoms. The summed E-state index contributed by atoms with van der Waals surface area (Å²) in [5.41, 5.74) is 0.651. The van der Waals surface area contributed by atoms with Gasteiger partial charge in [-0.25, -0.2) is 4.79 Å². The van der Waals surface area contributed by atoms with Gasteiger partial charge in [-0.15, -0.1) is 0 Å². The monoisotopic (exact) mass is 361 g/mol. The summed E-state index contributed by atoms with van der Waals surface area (Å²) in [6.07, 6.45) is 1.76. The second-order valence-corrected chi connectivity index (χ2v) is 6.86. The van der Waals surface area contributed by atoms with E-state index in [1.807, 2.05) is 4.90 Å². The van der Waals surface area contributed by atoms with Crippen molar-refractivity contribution in [2.45, 2.75) is 18.9 Å². The van der Waals surface area contributed by atoms with E-state index in [0.717, 1.165) is 12.8 Å². The Kier molecular flexibility index (Phi) is 4.58. The van der Waals surface area contributed by atoms with E-state index in [1.165, 1.54) is 0 Å². The molecule has 4 heterocycles. The highest BCUT2D eigenvalue weighted by Crippen LogP contribution is 2.34. The number of hydrogen-bond acceptors (Lipinski definition) is 5. The summed E-state index contributed by atoms with van der Waals surface area (Å²) in [5.74, 6) is 1.31. The van der Waals surface area contributed by atoms with E-state index < -0.39 is 0 Å². The molecule has 0 aliphatic carbocycles. The summed E-state index contributed by atoms with van der Waals surface area (Å²) in [6.45, 7) is 2.28. The van der Waals surface area contributed by atoms with Crippen LogP contribution in [0.15, 0.2) is 18.2 Å². The third kappa shape index (κ3) is 3.16. The summed E-state index contributed by atoms with van der Waals surface area (Å²) in [5, 5.41) is 2.91. The summed E-state index contributed by atoms with van der Waals surface area (Å²) in [7, 11) is 1.63. The van der Waals surface area contributed by atoms with E-state index in [2.05, 4.69) is 5.32 Å². The number of carbonyl (C=O) groups is 2. The Hall–Kier alpha value is -2.48. The van der Waals surface area contributed by atoms with Crippen LogP contribution in [0, 0.1) is 5.92 Å². The third-order valence-corrected chi connectivity index (χ3v) is 5.24. The minimum absolute atomic E-state index is 0.0545. The predicted octanol–water partition coefficient (Wildman–Crippen LogP) is 1.52. The molecule has 4 aliphatic rings. The zero-order valence-electron chi connectivity index (χ0n) is 14.8. The van der Waals surface area contributed by atoms with Crippen LogP contribution in [0.25, 0.3) is 0 Å². The van der Waals surface area contributed by atoms with E-state index in [-0.39, 0.29) is 30.7 Å². The maximum atomic E-state index is 12.8. The van der Waals surface area contributed by atoms with Gasteiger partial charge >= 0.3 is 6.03 Å². The van der Waals surface area contributed by atoms with Gasteiger partial charge < -0.3 is 29.3 Å². The lowest BCUT2D eigenvalue weighted by atomic mass is 9.94. The summed E-state index contributed by atoms with van der Waals surface area (Å²) in [6, 6.07) is 5.18. The second kappa shape index (κ2) is 7.03. The number of rotatable bonds is 4. The second-order valence-electron chi connectivity index (χ2n) is 6.86. The molecule has 1 N–H and O–H groups in total. The van der Waals surface area contributed by atoms with Crippen LogP contribution in [0.4, 0.5) is 10.5 Å². The van der Waals surface area contributed by atoms with Gasteiger partial charge in [0.25, 0.3) is 0 Å². The molecule has 0 unspecified atom stereocenters. The number of nitrogens with one attached hydrogen (secondary N) is 1. The van der Waals surface area contributed by atoms with Gasteiger partial charge in [0.1, 0.15) is 0 Å². The maximum Gasteiger partial charge on any atom is 0.321 e. The summed E-state index contributed by atoms with van der Waals surface area (Å²) >= 11 is 0. The van der Waals surface area contributed by atoms with Crippen LogP contribution in [0.3, 0.4) is 0 Å². The number of hydrogen-bond donors (Lipinski definition) is 1. The molecule has 3 fully saturated rings. The highest BCUT2D eigenvalue weighted by atomic mass is 16.7. The molecule has 1 aromatic rings. The first-order valence-corrected chi connectivity index (χ1v) is 8.90. The molecular formula is C18H23N3O5. The van der Waals surface area contributed by atoms with Gasteiger partial charge in [-0.3, -0.25) is 4.79 Å². The number of carbonyl (C=O) groups excluding carboxylic acids is 2. The SMILES string of the molecule is COCCN1C(=O)[C@H]2CC[C@@H]1CN(C(=O)Nc1ccc3c(c1)OCO3)C2. The van der Waals surface area contributed by atoms with Crippen molar-refractivity contribution < 1.29 is 23.8 Å². The highest BCUT2D eigenvalue weighted by molar-refractivity contribution is 5.91. The molecular weight excluding hydrogens is 338 g/mol. The van der Waals surface area contributed by atoms with Crippen LogP contribution in [0.1, 0.15) is 12.8 Å². The zero-order chi connectivity index (χ0) is 18.1. The molecule has 2 atom stereocenters. The van der Waals surface area contributed by atoms with Crippen LogP contribution in [0.5, 0.6) is 11.5 Å². The fraction of sp³-hybridized carbons (Fsp3) is 0.556. The lowest BCUT2D eigenvalue weighted by molar-refractivity contribution is -0.140. The van der Waals surface area contributed by atoms with Crippen molar-refractivity contribution in [3.8, 4) is 11.5 Å². The molecule has 3 amide bonds. The molecule has 0 radical (unpaired) electrons. The van der Waals surface area contributed by atoms with Gasteiger partial charge in [0, 0.05) is 44.5 Å². The predicted molar refractivity (Wildman–Crippen MR) is 93.3 cm³/mol. The number of piperidine rings is 1. The van der Waals surface area contributed by atoms with Crippen LogP contribution >= 0.6 is 0 Å². The quantitative estimate of drug-likeness (QED) is 0.879. The van der Waals surface area contributed by atoms with Crippen LogP contribution in [0.2, 0.25) is 0 Å². The van der Waals surface area contributed by atoms with Gasteiger partial charge in [0.15, 0.2) is 11.5 Å². The molecule has 0 saturated carbocycles. The summed E-state index contributed by atoms with van der Waals surface area (Å²) in [4.78, 5) is 29.0. The van der Waals surface area contributed by atoms with Gasteiger partial charge in [-0.2, -0.15) is 0 Å². The lowest BCUT2D eigenvalue weighted by Crippen LogP contribution is -2.49. The largest absolute Gasteiger partial charge is 0.454 e. The Morgan fingerprint density at radius 1 is 1.27 bits per heavy atom. The van der Waals surface area contributed by atoms with Crippen molar-refractivity contribution in [3.63, 3.8) is 0 Å². The van der Waals surface area contributed by atoms with E-state index >= 15 is 0 Å². The first kappa shape index (κ1) is 17.0.